The summed E-state index contributed by atoms with van der Waals surface area (Å²) in [5.41, 5.74) is 0. The van der Waals surface area contributed by atoms with Crippen molar-refractivity contribution in [2.75, 3.05) is 6.61 Å². The predicted molar refractivity (Wildman–Crippen MR) is 82.1 cm³/mol. The Balaban J connectivity index is 1.57. The molecule has 19 heavy (non-hydrogen) atoms. The van der Waals surface area contributed by atoms with Crippen molar-refractivity contribution in [3.8, 4) is 0 Å². The van der Waals surface area contributed by atoms with Crippen LogP contribution in [0.15, 0.2) is 0 Å². The third-order valence-corrected chi connectivity index (χ3v) is 5.87. The van der Waals surface area contributed by atoms with E-state index in [0.717, 1.165) is 17.8 Å². The minimum atomic E-state index is 0.425. The summed E-state index contributed by atoms with van der Waals surface area (Å²) in [7, 11) is 0. The smallest absolute Gasteiger partial charge is 0.0459 e. The van der Waals surface area contributed by atoms with Crippen molar-refractivity contribution in [2.24, 2.45) is 23.7 Å². The summed E-state index contributed by atoms with van der Waals surface area (Å²) in [5, 5.41) is 9.18. The van der Waals surface area contributed by atoms with Crippen LogP contribution in [0.2, 0.25) is 0 Å². The van der Waals surface area contributed by atoms with E-state index in [-0.39, 0.29) is 0 Å². The Morgan fingerprint density at radius 2 is 1.00 bits per heavy atom. The molecule has 2 saturated carbocycles. The number of hydrogen-bond donors (Lipinski definition) is 1. The minimum absolute atomic E-state index is 0.425. The standard InChI is InChI=1S/C18H34O/c1-2-3-15-4-6-16(7-5-15)8-9-17-10-12-18(14-19)13-11-17/h15-19H,2-14H2,1H3/t15-,16-,17-,18-. The van der Waals surface area contributed by atoms with Crippen LogP contribution in [0.5, 0.6) is 0 Å². The summed E-state index contributed by atoms with van der Waals surface area (Å²) in [4.78, 5) is 0. The van der Waals surface area contributed by atoms with Crippen LogP contribution >= 0.6 is 0 Å². The van der Waals surface area contributed by atoms with Gasteiger partial charge in [0.1, 0.15) is 0 Å². The molecule has 0 aromatic carbocycles. The molecule has 0 saturated heterocycles. The Hall–Kier alpha value is -0.0400. The van der Waals surface area contributed by atoms with E-state index >= 15 is 0 Å². The minimum Gasteiger partial charge on any atom is -0.396 e. The number of rotatable bonds is 6. The van der Waals surface area contributed by atoms with E-state index in [4.69, 9.17) is 0 Å². The van der Waals surface area contributed by atoms with Crippen molar-refractivity contribution >= 4 is 0 Å². The first-order valence-electron chi connectivity index (χ1n) is 8.92. The highest BCUT2D eigenvalue weighted by molar-refractivity contribution is 4.76. The molecule has 0 aliphatic heterocycles. The highest BCUT2D eigenvalue weighted by Gasteiger charge is 2.24. The van der Waals surface area contributed by atoms with Gasteiger partial charge in [-0.25, -0.2) is 0 Å². The topological polar surface area (TPSA) is 20.2 Å². The molecule has 1 heteroatoms. The lowest BCUT2D eigenvalue weighted by atomic mass is 9.75. The van der Waals surface area contributed by atoms with Crippen LogP contribution in [0.3, 0.4) is 0 Å². The fourth-order valence-electron chi connectivity index (χ4n) is 4.39. The summed E-state index contributed by atoms with van der Waals surface area (Å²) in [6, 6.07) is 0. The maximum absolute atomic E-state index is 9.18. The lowest BCUT2D eigenvalue weighted by molar-refractivity contribution is 0.157. The molecule has 0 atom stereocenters. The SMILES string of the molecule is CCC[C@H]1CC[C@H](CC[C@H]2CC[C@H](CO)CC2)CC1. The van der Waals surface area contributed by atoms with Crippen LogP contribution < -0.4 is 0 Å². The van der Waals surface area contributed by atoms with E-state index in [1.807, 2.05) is 0 Å². The second kappa shape index (κ2) is 8.29. The van der Waals surface area contributed by atoms with Crippen molar-refractivity contribution < 1.29 is 5.11 Å². The zero-order valence-electron chi connectivity index (χ0n) is 12.9. The molecule has 112 valence electrons. The largest absolute Gasteiger partial charge is 0.396 e. The predicted octanol–water partition coefficient (Wildman–Crippen LogP) is 5.17. The van der Waals surface area contributed by atoms with Gasteiger partial charge in [-0.1, -0.05) is 71.1 Å². The van der Waals surface area contributed by atoms with Crippen LogP contribution in [-0.4, -0.2) is 11.7 Å². The van der Waals surface area contributed by atoms with Crippen molar-refractivity contribution in [3.05, 3.63) is 0 Å². The molecule has 0 spiro atoms. The molecule has 0 aromatic heterocycles. The van der Waals surface area contributed by atoms with Crippen LogP contribution in [0.1, 0.15) is 84.0 Å². The zero-order chi connectivity index (χ0) is 13.5. The number of aliphatic hydroxyl groups excluding tert-OH is 1. The number of hydrogen-bond acceptors (Lipinski definition) is 1. The highest BCUT2D eigenvalue weighted by Crippen LogP contribution is 2.37. The Labute approximate surface area is 120 Å². The van der Waals surface area contributed by atoms with Crippen molar-refractivity contribution in [1.29, 1.82) is 0 Å². The molecule has 0 amide bonds. The van der Waals surface area contributed by atoms with Crippen LogP contribution in [-0.2, 0) is 0 Å². The Bertz CT molecular complexity index is 222. The molecule has 2 aliphatic carbocycles. The van der Waals surface area contributed by atoms with E-state index in [0.29, 0.717) is 12.5 Å². The molecule has 2 rings (SSSR count). The third-order valence-electron chi connectivity index (χ3n) is 5.87. The van der Waals surface area contributed by atoms with E-state index < -0.39 is 0 Å². The van der Waals surface area contributed by atoms with Gasteiger partial charge in [-0.2, -0.15) is 0 Å². The number of aliphatic hydroxyl groups is 1. The summed E-state index contributed by atoms with van der Waals surface area (Å²) in [6.45, 7) is 2.75. The fourth-order valence-corrected chi connectivity index (χ4v) is 4.39. The normalized spacial score (nSPS) is 36.3. The average molecular weight is 266 g/mol. The van der Waals surface area contributed by atoms with Gasteiger partial charge in [0.25, 0.3) is 0 Å². The summed E-state index contributed by atoms with van der Waals surface area (Å²) in [6.07, 6.45) is 17.2. The molecule has 1 N–H and O–H groups in total. The monoisotopic (exact) mass is 266 g/mol. The maximum atomic E-state index is 9.18. The zero-order valence-corrected chi connectivity index (χ0v) is 12.9. The summed E-state index contributed by atoms with van der Waals surface area (Å²) in [5.74, 6) is 3.71. The molecular formula is C18H34O. The van der Waals surface area contributed by atoms with Gasteiger partial charge in [0.05, 0.1) is 0 Å². The molecule has 0 radical (unpaired) electrons. The van der Waals surface area contributed by atoms with Crippen molar-refractivity contribution in [1.82, 2.24) is 0 Å². The molecule has 0 unspecified atom stereocenters. The summed E-state index contributed by atoms with van der Waals surface area (Å²) >= 11 is 0. The third kappa shape index (κ3) is 5.10. The molecule has 1 nitrogen and oxygen atoms in total. The van der Waals surface area contributed by atoms with Gasteiger partial charge in [0.2, 0.25) is 0 Å². The Morgan fingerprint density at radius 3 is 1.37 bits per heavy atom. The second-order valence-corrected chi connectivity index (χ2v) is 7.32. The van der Waals surface area contributed by atoms with Gasteiger partial charge in [-0.3, -0.25) is 0 Å². The average Bonchev–Trinajstić information content (AvgIpc) is 2.47. The van der Waals surface area contributed by atoms with Gasteiger partial charge >= 0.3 is 0 Å². The highest BCUT2D eigenvalue weighted by atomic mass is 16.3. The van der Waals surface area contributed by atoms with Gasteiger partial charge in [-0.15, -0.1) is 0 Å². The van der Waals surface area contributed by atoms with Gasteiger partial charge < -0.3 is 5.11 Å². The van der Waals surface area contributed by atoms with Crippen LogP contribution in [0.25, 0.3) is 0 Å². The van der Waals surface area contributed by atoms with E-state index in [2.05, 4.69) is 6.92 Å². The molecule has 2 aliphatic rings. The van der Waals surface area contributed by atoms with E-state index in [1.165, 1.54) is 77.0 Å². The van der Waals surface area contributed by atoms with Gasteiger partial charge in [-0.05, 0) is 36.5 Å². The lowest BCUT2D eigenvalue weighted by Crippen LogP contribution is -2.19. The Kier molecular flexibility index (Phi) is 6.70. The molecule has 2 fully saturated rings. The van der Waals surface area contributed by atoms with Crippen molar-refractivity contribution in [2.45, 2.75) is 84.0 Å². The van der Waals surface area contributed by atoms with Crippen LogP contribution in [0.4, 0.5) is 0 Å². The van der Waals surface area contributed by atoms with Crippen molar-refractivity contribution in [3.63, 3.8) is 0 Å². The van der Waals surface area contributed by atoms with E-state index in [1.54, 1.807) is 0 Å². The first kappa shape index (κ1) is 15.4. The second-order valence-electron chi connectivity index (χ2n) is 7.32. The van der Waals surface area contributed by atoms with E-state index in [9.17, 15) is 5.11 Å². The summed E-state index contributed by atoms with van der Waals surface area (Å²) < 4.78 is 0. The Morgan fingerprint density at radius 1 is 0.632 bits per heavy atom. The maximum Gasteiger partial charge on any atom is 0.0459 e. The first-order valence-corrected chi connectivity index (χ1v) is 8.92. The lowest BCUT2D eigenvalue weighted by Gasteiger charge is -2.31. The molecule has 0 bridgehead atoms. The first-order chi connectivity index (χ1) is 9.31. The van der Waals surface area contributed by atoms with Gasteiger partial charge in [0, 0.05) is 6.61 Å². The molecular weight excluding hydrogens is 232 g/mol. The van der Waals surface area contributed by atoms with Gasteiger partial charge in [0.15, 0.2) is 0 Å². The fraction of sp³-hybridized carbons (Fsp3) is 1.00. The quantitative estimate of drug-likeness (QED) is 0.703. The molecule has 0 aromatic rings. The molecule has 0 heterocycles. The van der Waals surface area contributed by atoms with Crippen LogP contribution in [0, 0.1) is 23.7 Å².